The lowest BCUT2D eigenvalue weighted by Crippen LogP contribution is -2.63. The number of piperazine rings is 1. The van der Waals surface area contributed by atoms with Gasteiger partial charge in [0.1, 0.15) is 11.6 Å². The summed E-state index contributed by atoms with van der Waals surface area (Å²) in [5, 5.41) is 0. The van der Waals surface area contributed by atoms with Crippen LogP contribution in [0.5, 0.6) is 5.75 Å². The summed E-state index contributed by atoms with van der Waals surface area (Å²) in [6, 6.07) is 6.37. The second-order valence-corrected chi connectivity index (χ2v) is 8.46. The van der Waals surface area contributed by atoms with E-state index in [1.54, 1.807) is 7.11 Å². The second kappa shape index (κ2) is 8.71. The fraction of sp³-hybridized carbons (Fsp3) is 0.727. The molecular weight excluding hydrogens is 327 g/mol. The molecule has 1 aliphatic rings. The molecule has 4 heteroatoms. The molecule has 1 saturated heterocycles. The zero-order valence-electron chi connectivity index (χ0n) is 17.7. The minimum absolute atomic E-state index is 0.113. The Balaban J connectivity index is 2.34. The molecule has 1 heterocycles. The van der Waals surface area contributed by atoms with Crippen LogP contribution in [0.2, 0.25) is 0 Å². The van der Waals surface area contributed by atoms with Crippen LogP contribution < -0.4 is 4.74 Å². The van der Waals surface area contributed by atoms with Crippen LogP contribution in [-0.2, 0) is 0 Å². The molecule has 3 atom stereocenters. The molecule has 0 N–H and O–H groups in total. The van der Waals surface area contributed by atoms with Gasteiger partial charge in [-0.3, -0.25) is 9.80 Å². The minimum atomic E-state index is -0.155. The summed E-state index contributed by atoms with van der Waals surface area (Å²) in [5.41, 5.74) is 0.957. The summed E-state index contributed by atoms with van der Waals surface area (Å²) in [4.78, 5) is 5.20. The van der Waals surface area contributed by atoms with Crippen LogP contribution in [0.25, 0.3) is 0 Å². The van der Waals surface area contributed by atoms with Crippen molar-refractivity contribution in [1.82, 2.24) is 9.80 Å². The fourth-order valence-corrected chi connectivity index (χ4v) is 4.43. The van der Waals surface area contributed by atoms with Crippen molar-refractivity contribution < 1.29 is 9.13 Å². The van der Waals surface area contributed by atoms with Gasteiger partial charge in [-0.2, -0.15) is 0 Å². The van der Waals surface area contributed by atoms with Crippen LogP contribution in [0.4, 0.5) is 4.39 Å². The third-order valence-electron chi connectivity index (χ3n) is 5.90. The van der Waals surface area contributed by atoms with E-state index < -0.39 is 0 Å². The van der Waals surface area contributed by atoms with Crippen molar-refractivity contribution in [2.24, 2.45) is 0 Å². The van der Waals surface area contributed by atoms with Crippen LogP contribution >= 0.6 is 0 Å². The third kappa shape index (κ3) is 4.40. The van der Waals surface area contributed by atoms with Gasteiger partial charge in [-0.05, 0) is 46.1 Å². The van der Waals surface area contributed by atoms with Crippen LogP contribution in [0, 0.1) is 5.82 Å². The Hall–Kier alpha value is -1.13. The minimum Gasteiger partial charge on any atom is -0.497 e. The lowest BCUT2D eigenvalue weighted by molar-refractivity contribution is -0.0450. The molecular formula is C22H37FN2O. The number of hydrogen-bond donors (Lipinski definition) is 0. The molecule has 0 amide bonds. The Labute approximate surface area is 159 Å². The summed E-state index contributed by atoms with van der Waals surface area (Å²) in [5.74, 6) is 0.425. The largest absolute Gasteiger partial charge is 0.497 e. The van der Waals surface area contributed by atoms with Gasteiger partial charge in [-0.15, -0.1) is 0 Å². The van der Waals surface area contributed by atoms with Gasteiger partial charge in [0.25, 0.3) is 0 Å². The molecule has 0 spiro atoms. The quantitative estimate of drug-likeness (QED) is 0.685. The van der Waals surface area contributed by atoms with E-state index in [1.165, 1.54) is 6.07 Å². The van der Waals surface area contributed by atoms with Crippen molar-refractivity contribution in [1.29, 1.82) is 0 Å². The number of hydrogen-bond acceptors (Lipinski definition) is 3. The predicted octanol–water partition coefficient (Wildman–Crippen LogP) is 5.26. The molecule has 0 radical (unpaired) electrons. The monoisotopic (exact) mass is 364 g/mol. The first kappa shape index (κ1) is 21.2. The highest BCUT2D eigenvalue weighted by Crippen LogP contribution is 2.36. The van der Waals surface area contributed by atoms with Crippen LogP contribution in [0.15, 0.2) is 18.2 Å². The Kier molecular flexibility index (Phi) is 7.09. The molecule has 148 valence electrons. The van der Waals surface area contributed by atoms with E-state index in [1.807, 2.05) is 12.1 Å². The van der Waals surface area contributed by atoms with E-state index >= 15 is 0 Å². The van der Waals surface area contributed by atoms with E-state index in [0.29, 0.717) is 17.8 Å². The first-order valence-corrected chi connectivity index (χ1v) is 10.1. The van der Waals surface area contributed by atoms with Crippen LogP contribution in [-0.4, -0.2) is 47.6 Å². The summed E-state index contributed by atoms with van der Waals surface area (Å²) >= 11 is 0. The highest BCUT2D eigenvalue weighted by Gasteiger charge is 2.40. The van der Waals surface area contributed by atoms with Crippen molar-refractivity contribution in [2.75, 3.05) is 20.2 Å². The zero-order chi connectivity index (χ0) is 19.5. The summed E-state index contributed by atoms with van der Waals surface area (Å²) in [6.07, 6.45) is 3.11. The Morgan fingerprint density at radius 3 is 2.23 bits per heavy atom. The van der Waals surface area contributed by atoms with E-state index in [-0.39, 0.29) is 17.4 Å². The van der Waals surface area contributed by atoms with Gasteiger partial charge < -0.3 is 4.74 Å². The summed E-state index contributed by atoms with van der Waals surface area (Å²) in [7, 11) is 1.58. The van der Waals surface area contributed by atoms with Gasteiger partial charge in [-0.25, -0.2) is 4.39 Å². The van der Waals surface area contributed by atoms with Gasteiger partial charge in [-0.1, -0.05) is 26.8 Å². The molecule has 2 rings (SSSR count). The van der Waals surface area contributed by atoms with E-state index in [0.717, 1.165) is 37.9 Å². The van der Waals surface area contributed by atoms with E-state index in [2.05, 4.69) is 51.3 Å². The summed E-state index contributed by atoms with van der Waals surface area (Å²) < 4.78 is 20.0. The number of nitrogens with zero attached hydrogens (tertiary/aromatic N) is 2. The van der Waals surface area contributed by atoms with Crippen molar-refractivity contribution >= 4 is 0 Å². The standard InChI is InChI=1S/C22H37FN2O/c1-8-16-15-25(22(4,5)6)17(9-2)14-24(16)21(10-3)19-12-11-18(26-7)13-20(19)23/h11-13,16-17,21H,8-10,14-15H2,1-7H3/t16-,17+,21+/m1/s1. The van der Waals surface area contributed by atoms with Gasteiger partial charge in [0.05, 0.1) is 7.11 Å². The SMILES string of the molecule is CC[C@@H]1CN(C(C)(C)C)[C@@H](CC)CN1[C@@H](CC)c1ccc(OC)cc1F. The van der Waals surface area contributed by atoms with Crippen LogP contribution in [0.3, 0.4) is 0 Å². The normalized spacial score (nSPS) is 23.8. The highest BCUT2D eigenvalue weighted by atomic mass is 19.1. The average Bonchev–Trinajstić information content (AvgIpc) is 2.61. The Morgan fingerprint density at radius 1 is 1.12 bits per heavy atom. The number of benzene rings is 1. The smallest absolute Gasteiger partial charge is 0.131 e. The number of halogens is 1. The van der Waals surface area contributed by atoms with Crippen molar-refractivity contribution in [3.05, 3.63) is 29.6 Å². The lowest BCUT2D eigenvalue weighted by Gasteiger charge is -2.53. The maximum absolute atomic E-state index is 14.8. The van der Waals surface area contributed by atoms with Crippen molar-refractivity contribution in [2.45, 2.75) is 84.5 Å². The first-order chi connectivity index (χ1) is 12.3. The Bertz CT molecular complexity index is 584. The third-order valence-corrected chi connectivity index (χ3v) is 5.90. The maximum atomic E-state index is 14.8. The maximum Gasteiger partial charge on any atom is 0.131 e. The number of rotatable bonds is 6. The topological polar surface area (TPSA) is 15.7 Å². The Morgan fingerprint density at radius 2 is 1.77 bits per heavy atom. The molecule has 26 heavy (non-hydrogen) atoms. The van der Waals surface area contributed by atoms with E-state index in [9.17, 15) is 4.39 Å². The molecule has 1 aromatic rings. The molecule has 0 aliphatic carbocycles. The molecule has 3 nitrogen and oxygen atoms in total. The molecule has 1 aromatic carbocycles. The highest BCUT2D eigenvalue weighted by molar-refractivity contribution is 5.31. The molecule has 0 aromatic heterocycles. The van der Waals surface area contributed by atoms with Crippen LogP contribution in [0.1, 0.15) is 72.4 Å². The van der Waals surface area contributed by atoms with E-state index in [4.69, 9.17) is 4.74 Å². The molecule has 0 unspecified atom stereocenters. The van der Waals surface area contributed by atoms with Crippen molar-refractivity contribution in [3.8, 4) is 5.75 Å². The average molecular weight is 365 g/mol. The second-order valence-electron chi connectivity index (χ2n) is 8.46. The van der Waals surface area contributed by atoms with Gasteiger partial charge >= 0.3 is 0 Å². The first-order valence-electron chi connectivity index (χ1n) is 10.1. The fourth-order valence-electron chi connectivity index (χ4n) is 4.43. The number of ether oxygens (including phenoxy) is 1. The predicted molar refractivity (Wildman–Crippen MR) is 107 cm³/mol. The zero-order valence-corrected chi connectivity index (χ0v) is 17.7. The molecule has 0 bridgehead atoms. The molecule has 1 fully saturated rings. The van der Waals surface area contributed by atoms with Gasteiger partial charge in [0, 0.05) is 48.4 Å². The summed E-state index contributed by atoms with van der Waals surface area (Å²) in [6.45, 7) is 15.6. The van der Waals surface area contributed by atoms with Gasteiger partial charge in [0.15, 0.2) is 0 Å². The van der Waals surface area contributed by atoms with Gasteiger partial charge in [0.2, 0.25) is 0 Å². The lowest BCUT2D eigenvalue weighted by atomic mass is 9.91. The number of methoxy groups -OCH3 is 1. The van der Waals surface area contributed by atoms with Crippen molar-refractivity contribution in [3.63, 3.8) is 0 Å². The molecule has 0 saturated carbocycles. The molecule has 1 aliphatic heterocycles.